The minimum Gasteiger partial charge on any atom is -0.504 e. The van der Waals surface area contributed by atoms with Gasteiger partial charge in [0.2, 0.25) is 0 Å². The van der Waals surface area contributed by atoms with Gasteiger partial charge in [-0.25, -0.2) is 0 Å². The summed E-state index contributed by atoms with van der Waals surface area (Å²) in [6.07, 6.45) is -2.83. The molecule has 1 heterocycles. The smallest absolute Gasteiger partial charge is 0.420 e. The summed E-state index contributed by atoms with van der Waals surface area (Å²) in [5.41, 5.74) is -0.485. The molecule has 1 aliphatic rings. The van der Waals surface area contributed by atoms with Gasteiger partial charge in [-0.15, -0.1) is 0 Å². The van der Waals surface area contributed by atoms with Gasteiger partial charge in [0, 0.05) is 6.54 Å². The molecule has 0 spiro atoms. The van der Waals surface area contributed by atoms with Crippen molar-refractivity contribution in [1.82, 2.24) is 5.32 Å². The third kappa shape index (κ3) is 2.94. The standard InChI is InChI=1S/C13H16F3NO2/c1-19-11-6-9(8-3-2-4-17-7-8)5-10(12(11)18)13(14,15)16/h5-6,8,17-18H,2-4,7H2,1H3. The van der Waals surface area contributed by atoms with E-state index in [9.17, 15) is 18.3 Å². The molecule has 1 aliphatic heterocycles. The summed E-state index contributed by atoms with van der Waals surface area (Å²) >= 11 is 0. The number of phenolic OH excluding ortho intramolecular Hbond substituents is 1. The van der Waals surface area contributed by atoms with E-state index in [1.54, 1.807) is 0 Å². The van der Waals surface area contributed by atoms with Crippen LogP contribution in [0.1, 0.15) is 29.9 Å². The van der Waals surface area contributed by atoms with Gasteiger partial charge in [0.15, 0.2) is 11.5 Å². The first-order valence-electron chi connectivity index (χ1n) is 6.12. The zero-order valence-electron chi connectivity index (χ0n) is 10.5. The predicted octanol–water partition coefficient (Wildman–Crippen LogP) is 2.89. The van der Waals surface area contributed by atoms with Gasteiger partial charge in [-0.05, 0) is 43.0 Å². The lowest BCUT2D eigenvalue weighted by atomic mass is 9.90. The van der Waals surface area contributed by atoms with E-state index in [2.05, 4.69) is 5.32 Å². The summed E-state index contributed by atoms with van der Waals surface area (Å²) in [5.74, 6) is -0.956. The maximum absolute atomic E-state index is 12.9. The molecule has 3 nitrogen and oxygen atoms in total. The summed E-state index contributed by atoms with van der Waals surface area (Å²) in [6, 6.07) is 2.51. The lowest BCUT2D eigenvalue weighted by Gasteiger charge is -2.24. The lowest BCUT2D eigenvalue weighted by Crippen LogP contribution is -2.28. The van der Waals surface area contributed by atoms with Gasteiger partial charge in [0.1, 0.15) is 5.56 Å². The Hall–Kier alpha value is -1.43. The molecule has 1 aromatic carbocycles. The van der Waals surface area contributed by atoms with Crippen LogP contribution in [0.25, 0.3) is 0 Å². The molecule has 1 aromatic rings. The molecular weight excluding hydrogens is 259 g/mol. The Bertz CT molecular complexity index is 454. The van der Waals surface area contributed by atoms with E-state index < -0.39 is 17.5 Å². The number of aromatic hydroxyl groups is 1. The van der Waals surface area contributed by atoms with E-state index in [0.29, 0.717) is 12.1 Å². The van der Waals surface area contributed by atoms with Crippen LogP contribution in [0.3, 0.4) is 0 Å². The van der Waals surface area contributed by atoms with E-state index in [1.165, 1.54) is 13.2 Å². The average Bonchev–Trinajstić information content (AvgIpc) is 2.38. The average molecular weight is 275 g/mol. The maximum Gasteiger partial charge on any atom is 0.420 e. The fraction of sp³-hybridized carbons (Fsp3) is 0.538. The maximum atomic E-state index is 12.9. The molecule has 0 saturated carbocycles. The second-order valence-corrected chi connectivity index (χ2v) is 4.66. The number of piperidine rings is 1. The molecular formula is C13H16F3NO2. The Morgan fingerprint density at radius 2 is 2.11 bits per heavy atom. The van der Waals surface area contributed by atoms with Crippen molar-refractivity contribution in [1.29, 1.82) is 0 Å². The zero-order chi connectivity index (χ0) is 14.0. The first-order chi connectivity index (χ1) is 8.93. The van der Waals surface area contributed by atoms with Gasteiger partial charge in [0.05, 0.1) is 7.11 Å². The van der Waals surface area contributed by atoms with Crippen LogP contribution in [0.4, 0.5) is 13.2 Å². The predicted molar refractivity (Wildman–Crippen MR) is 64.5 cm³/mol. The molecule has 1 unspecified atom stereocenters. The summed E-state index contributed by atoms with van der Waals surface area (Å²) in [4.78, 5) is 0. The highest BCUT2D eigenvalue weighted by atomic mass is 19.4. The summed E-state index contributed by atoms with van der Waals surface area (Å²) in [6.45, 7) is 1.53. The number of halogens is 3. The van der Waals surface area contributed by atoms with Crippen LogP contribution in [-0.4, -0.2) is 25.3 Å². The highest BCUT2D eigenvalue weighted by Crippen LogP contribution is 2.43. The minimum absolute atomic E-state index is 0.0179. The molecule has 0 amide bonds. The molecule has 0 aliphatic carbocycles. The van der Waals surface area contributed by atoms with Crippen molar-refractivity contribution in [2.75, 3.05) is 20.2 Å². The number of alkyl halides is 3. The molecule has 1 atom stereocenters. The second kappa shape index (κ2) is 5.28. The van der Waals surface area contributed by atoms with Crippen LogP contribution in [0, 0.1) is 0 Å². The highest BCUT2D eigenvalue weighted by Gasteiger charge is 2.36. The normalized spacial score (nSPS) is 20.3. The fourth-order valence-corrected chi connectivity index (χ4v) is 2.37. The molecule has 19 heavy (non-hydrogen) atoms. The second-order valence-electron chi connectivity index (χ2n) is 4.66. The van der Waals surface area contributed by atoms with E-state index in [-0.39, 0.29) is 11.7 Å². The molecule has 0 bridgehead atoms. The van der Waals surface area contributed by atoms with Gasteiger partial charge in [-0.1, -0.05) is 0 Å². The van der Waals surface area contributed by atoms with Gasteiger partial charge in [-0.3, -0.25) is 0 Å². The van der Waals surface area contributed by atoms with Crippen molar-refractivity contribution in [3.63, 3.8) is 0 Å². The minimum atomic E-state index is -4.59. The van der Waals surface area contributed by atoms with Crippen LogP contribution in [0.15, 0.2) is 12.1 Å². The lowest BCUT2D eigenvalue weighted by molar-refractivity contribution is -0.139. The number of benzene rings is 1. The molecule has 2 N–H and O–H groups in total. The van der Waals surface area contributed by atoms with E-state index in [0.717, 1.165) is 25.5 Å². The Morgan fingerprint density at radius 3 is 2.63 bits per heavy atom. The SMILES string of the molecule is COc1cc(C2CCCNC2)cc(C(F)(F)F)c1O. The number of hydrogen-bond acceptors (Lipinski definition) is 3. The molecule has 1 fully saturated rings. The molecule has 2 rings (SSSR count). The van der Waals surface area contributed by atoms with Crippen molar-refractivity contribution in [3.05, 3.63) is 23.3 Å². The molecule has 106 valence electrons. The van der Waals surface area contributed by atoms with Gasteiger partial charge >= 0.3 is 6.18 Å². The Morgan fingerprint density at radius 1 is 1.37 bits per heavy atom. The highest BCUT2D eigenvalue weighted by molar-refractivity contribution is 5.50. The summed E-state index contributed by atoms with van der Waals surface area (Å²) in [5, 5.41) is 12.7. The third-order valence-electron chi connectivity index (χ3n) is 3.39. The third-order valence-corrected chi connectivity index (χ3v) is 3.39. The monoisotopic (exact) mass is 275 g/mol. The molecule has 0 aromatic heterocycles. The quantitative estimate of drug-likeness (QED) is 0.872. The van der Waals surface area contributed by atoms with Crippen molar-refractivity contribution in [2.45, 2.75) is 24.9 Å². The Balaban J connectivity index is 2.44. The Kier molecular flexibility index (Phi) is 3.89. The van der Waals surface area contributed by atoms with Gasteiger partial charge < -0.3 is 15.2 Å². The number of ether oxygens (including phenoxy) is 1. The van der Waals surface area contributed by atoms with Gasteiger partial charge in [-0.2, -0.15) is 13.2 Å². The van der Waals surface area contributed by atoms with Crippen LogP contribution in [0.2, 0.25) is 0 Å². The number of methoxy groups -OCH3 is 1. The van der Waals surface area contributed by atoms with Crippen LogP contribution in [0.5, 0.6) is 11.5 Å². The van der Waals surface area contributed by atoms with Gasteiger partial charge in [0.25, 0.3) is 0 Å². The zero-order valence-corrected chi connectivity index (χ0v) is 10.5. The first-order valence-corrected chi connectivity index (χ1v) is 6.12. The van der Waals surface area contributed by atoms with E-state index >= 15 is 0 Å². The largest absolute Gasteiger partial charge is 0.504 e. The molecule has 6 heteroatoms. The number of rotatable bonds is 2. The van der Waals surface area contributed by atoms with Crippen molar-refractivity contribution in [2.24, 2.45) is 0 Å². The summed E-state index contributed by atoms with van der Waals surface area (Å²) < 4.78 is 43.5. The van der Waals surface area contributed by atoms with Crippen LogP contribution >= 0.6 is 0 Å². The van der Waals surface area contributed by atoms with Crippen molar-refractivity contribution >= 4 is 0 Å². The molecule has 0 radical (unpaired) electrons. The van der Waals surface area contributed by atoms with Crippen molar-refractivity contribution in [3.8, 4) is 11.5 Å². The number of nitrogens with one attached hydrogen (secondary N) is 1. The molecule has 1 saturated heterocycles. The number of phenols is 1. The van der Waals surface area contributed by atoms with Crippen molar-refractivity contribution < 1.29 is 23.0 Å². The summed E-state index contributed by atoms with van der Waals surface area (Å²) in [7, 11) is 1.25. The Labute approximate surface area is 109 Å². The van der Waals surface area contributed by atoms with Crippen LogP contribution < -0.4 is 10.1 Å². The first kappa shape index (κ1) is 14.0. The fourth-order valence-electron chi connectivity index (χ4n) is 2.37. The van der Waals surface area contributed by atoms with Crippen LogP contribution in [-0.2, 0) is 6.18 Å². The topological polar surface area (TPSA) is 41.5 Å². The van der Waals surface area contributed by atoms with E-state index in [1.807, 2.05) is 0 Å². The number of hydrogen-bond donors (Lipinski definition) is 2. The van der Waals surface area contributed by atoms with E-state index in [4.69, 9.17) is 4.74 Å².